The summed E-state index contributed by atoms with van der Waals surface area (Å²) in [5.74, 6) is 0.718. The number of rotatable bonds is 4. The molecule has 0 saturated heterocycles. The van der Waals surface area contributed by atoms with Crippen molar-refractivity contribution in [1.29, 1.82) is 0 Å². The minimum absolute atomic E-state index is 0.138. The number of nitrogens with zero attached hydrogens (tertiary/aromatic N) is 3. The molecule has 0 atom stereocenters. The van der Waals surface area contributed by atoms with E-state index in [1.165, 1.54) is 33.0 Å². The molecule has 8 rings (SSSR count). The minimum Gasteiger partial charge on any atom is -0.256 e. The first-order valence-electron chi connectivity index (χ1n) is 14.7. The molecule has 2 heterocycles. The van der Waals surface area contributed by atoms with Gasteiger partial charge in [-0.05, 0) is 57.3 Å². The minimum atomic E-state index is -0.138. The molecule has 0 fully saturated rings. The van der Waals surface area contributed by atoms with Gasteiger partial charge >= 0.3 is 0 Å². The molecule has 2 aromatic heterocycles. The lowest BCUT2D eigenvalue weighted by Crippen LogP contribution is -2.15. The Bertz CT molecular complexity index is 2130. The Kier molecular flexibility index (Phi) is 5.80. The molecule has 0 saturated carbocycles. The van der Waals surface area contributed by atoms with E-state index in [1.807, 2.05) is 42.6 Å². The monoisotopic (exact) mass is 551 g/mol. The van der Waals surface area contributed by atoms with Crippen LogP contribution in [0.3, 0.4) is 0 Å². The second-order valence-corrected chi connectivity index (χ2v) is 11.7. The zero-order valence-corrected chi connectivity index (χ0v) is 24.1. The van der Waals surface area contributed by atoms with E-state index >= 15 is 0 Å². The van der Waals surface area contributed by atoms with Gasteiger partial charge in [0.2, 0.25) is 0 Å². The highest BCUT2D eigenvalue weighted by atomic mass is 14.9. The third-order valence-electron chi connectivity index (χ3n) is 8.73. The molecular weight excluding hydrogens is 522 g/mol. The van der Waals surface area contributed by atoms with Crippen LogP contribution in [0, 0.1) is 0 Å². The molecule has 5 aromatic carbocycles. The van der Waals surface area contributed by atoms with Crippen LogP contribution in [0.2, 0.25) is 0 Å². The smallest absolute Gasteiger partial charge is 0.160 e. The average Bonchev–Trinajstić information content (AvgIpc) is 3.31. The lowest BCUT2D eigenvalue weighted by molar-refractivity contribution is 0.666. The van der Waals surface area contributed by atoms with Crippen molar-refractivity contribution >= 4 is 10.8 Å². The first-order chi connectivity index (χ1) is 21.1. The lowest BCUT2D eigenvalue weighted by Gasteiger charge is -2.23. The van der Waals surface area contributed by atoms with Crippen LogP contribution in [0.25, 0.3) is 67.1 Å². The first kappa shape index (κ1) is 25.3. The number of hydrogen-bond acceptors (Lipinski definition) is 3. The Balaban J connectivity index is 1.26. The molecule has 0 bridgehead atoms. The maximum Gasteiger partial charge on any atom is 0.160 e. The third kappa shape index (κ3) is 4.24. The molecule has 1 aliphatic carbocycles. The van der Waals surface area contributed by atoms with Gasteiger partial charge in [-0.15, -0.1) is 0 Å². The summed E-state index contributed by atoms with van der Waals surface area (Å²) >= 11 is 0. The SMILES string of the molecule is CC1(C)c2cc(-c3cc(-c4ccc(-c5ccccn5)cc4)nc(-c4ccccc4)n3)ccc2-c2ccc3ccccc3c21. The fraction of sp³-hybridized carbons (Fsp3) is 0.0750. The van der Waals surface area contributed by atoms with E-state index < -0.39 is 0 Å². The molecule has 0 unspecified atom stereocenters. The van der Waals surface area contributed by atoms with Crippen molar-refractivity contribution in [2.75, 3.05) is 0 Å². The molecule has 0 radical (unpaired) electrons. The van der Waals surface area contributed by atoms with Gasteiger partial charge in [-0.25, -0.2) is 9.97 Å². The van der Waals surface area contributed by atoms with E-state index in [-0.39, 0.29) is 5.41 Å². The van der Waals surface area contributed by atoms with Crippen LogP contribution in [0.1, 0.15) is 25.0 Å². The highest BCUT2D eigenvalue weighted by molar-refractivity contribution is 5.98. The van der Waals surface area contributed by atoms with Gasteiger partial charge in [0, 0.05) is 33.9 Å². The number of hydrogen-bond donors (Lipinski definition) is 0. The number of pyridine rings is 1. The molecule has 3 nitrogen and oxygen atoms in total. The molecular formula is C40H29N3. The van der Waals surface area contributed by atoms with Crippen LogP contribution in [0.15, 0.2) is 140 Å². The van der Waals surface area contributed by atoms with Crippen molar-refractivity contribution < 1.29 is 0 Å². The molecule has 1 aliphatic rings. The van der Waals surface area contributed by atoms with E-state index in [0.29, 0.717) is 0 Å². The summed E-state index contributed by atoms with van der Waals surface area (Å²) in [7, 11) is 0. The maximum atomic E-state index is 5.12. The van der Waals surface area contributed by atoms with Crippen LogP contribution >= 0.6 is 0 Å². The number of aromatic nitrogens is 3. The summed E-state index contributed by atoms with van der Waals surface area (Å²) in [6, 6.07) is 46.9. The Labute approximate surface area is 251 Å². The van der Waals surface area contributed by atoms with E-state index in [0.717, 1.165) is 45.2 Å². The molecule has 7 aromatic rings. The lowest BCUT2D eigenvalue weighted by atomic mass is 9.80. The van der Waals surface area contributed by atoms with Crippen molar-refractivity contribution in [3.05, 3.63) is 151 Å². The Morgan fingerprint density at radius 1 is 0.488 bits per heavy atom. The molecule has 3 heteroatoms. The van der Waals surface area contributed by atoms with E-state index in [9.17, 15) is 0 Å². The highest BCUT2D eigenvalue weighted by Gasteiger charge is 2.37. The summed E-state index contributed by atoms with van der Waals surface area (Å²) in [5, 5.41) is 2.61. The Morgan fingerprint density at radius 2 is 1.14 bits per heavy atom. The van der Waals surface area contributed by atoms with Crippen molar-refractivity contribution in [2.24, 2.45) is 0 Å². The van der Waals surface area contributed by atoms with Gasteiger partial charge in [0.25, 0.3) is 0 Å². The molecule has 0 N–H and O–H groups in total. The number of benzene rings is 5. The van der Waals surface area contributed by atoms with Gasteiger partial charge in [0.15, 0.2) is 5.82 Å². The second kappa shape index (κ2) is 9.85. The van der Waals surface area contributed by atoms with E-state index in [4.69, 9.17) is 9.97 Å². The van der Waals surface area contributed by atoms with E-state index in [1.54, 1.807) is 0 Å². The van der Waals surface area contributed by atoms with Gasteiger partial charge < -0.3 is 0 Å². The topological polar surface area (TPSA) is 38.7 Å². The standard InChI is InChI=1S/C40H29N3/c1-40(2)34-24-30(20-21-32(34)33-22-19-26-10-6-7-13-31(26)38(33)40)37-25-36(42-39(43-37)29-11-4-3-5-12-29)28-17-15-27(16-18-28)35-14-8-9-23-41-35/h3-25H,1-2H3. The van der Waals surface area contributed by atoms with Gasteiger partial charge in [0.1, 0.15) is 0 Å². The second-order valence-electron chi connectivity index (χ2n) is 11.7. The van der Waals surface area contributed by atoms with Crippen LogP contribution in [-0.4, -0.2) is 15.0 Å². The Hall–Kier alpha value is -5.41. The third-order valence-corrected chi connectivity index (χ3v) is 8.73. The summed E-state index contributed by atoms with van der Waals surface area (Å²) in [6.45, 7) is 4.69. The van der Waals surface area contributed by atoms with Crippen molar-refractivity contribution in [2.45, 2.75) is 19.3 Å². The summed E-state index contributed by atoms with van der Waals surface area (Å²) < 4.78 is 0. The Morgan fingerprint density at radius 3 is 1.91 bits per heavy atom. The number of fused-ring (bicyclic) bond motifs is 5. The van der Waals surface area contributed by atoms with Crippen molar-refractivity contribution in [1.82, 2.24) is 15.0 Å². The quantitative estimate of drug-likeness (QED) is 0.218. The summed E-state index contributed by atoms with van der Waals surface area (Å²) in [6.07, 6.45) is 1.82. The predicted octanol–water partition coefficient (Wildman–Crippen LogP) is 10.00. The average molecular weight is 552 g/mol. The summed E-state index contributed by atoms with van der Waals surface area (Å²) in [5.41, 5.74) is 12.2. The molecule has 43 heavy (non-hydrogen) atoms. The van der Waals surface area contributed by atoms with Crippen LogP contribution < -0.4 is 0 Å². The van der Waals surface area contributed by atoms with Gasteiger partial charge in [-0.1, -0.05) is 123 Å². The molecule has 0 spiro atoms. The summed E-state index contributed by atoms with van der Waals surface area (Å²) in [4.78, 5) is 14.7. The van der Waals surface area contributed by atoms with Crippen LogP contribution in [0.4, 0.5) is 0 Å². The fourth-order valence-electron chi connectivity index (χ4n) is 6.56. The van der Waals surface area contributed by atoms with Crippen molar-refractivity contribution in [3.63, 3.8) is 0 Å². The van der Waals surface area contributed by atoms with Crippen LogP contribution in [-0.2, 0) is 5.41 Å². The fourth-order valence-corrected chi connectivity index (χ4v) is 6.56. The largest absolute Gasteiger partial charge is 0.256 e. The maximum absolute atomic E-state index is 5.12. The molecule has 204 valence electrons. The highest BCUT2D eigenvalue weighted by Crippen LogP contribution is 2.52. The normalized spacial score (nSPS) is 13.1. The first-order valence-corrected chi connectivity index (χ1v) is 14.7. The zero-order valence-electron chi connectivity index (χ0n) is 24.1. The van der Waals surface area contributed by atoms with Gasteiger partial charge in [0.05, 0.1) is 17.1 Å². The van der Waals surface area contributed by atoms with Crippen molar-refractivity contribution in [3.8, 4) is 56.3 Å². The van der Waals surface area contributed by atoms with Crippen LogP contribution in [0.5, 0.6) is 0 Å². The van der Waals surface area contributed by atoms with Gasteiger partial charge in [-0.3, -0.25) is 4.98 Å². The van der Waals surface area contributed by atoms with Gasteiger partial charge in [-0.2, -0.15) is 0 Å². The zero-order chi connectivity index (χ0) is 29.0. The molecule has 0 amide bonds. The van der Waals surface area contributed by atoms with E-state index in [2.05, 4.69) is 116 Å². The molecule has 0 aliphatic heterocycles. The predicted molar refractivity (Wildman–Crippen MR) is 177 cm³/mol.